The average molecular weight is 461 g/mol. The molecule has 1 aromatic carbocycles. The zero-order valence-electron chi connectivity index (χ0n) is 13.1. The fourth-order valence-corrected chi connectivity index (χ4v) is 3.60. The van der Waals surface area contributed by atoms with E-state index < -0.39 is 0 Å². The van der Waals surface area contributed by atoms with E-state index in [1.165, 1.54) is 0 Å². The van der Waals surface area contributed by atoms with Gasteiger partial charge >= 0.3 is 6.03 Å². The van der Waals surface area contributed by atoms with Gasteiger partial charge in [0.05, 0.1) is 5.69 Å². The summed E-state index contributed by atoms with van der Waals surface area (Å²) < 4.78 is 7.17. The highest BCUT2D eigenvalue weighted by Crippen LogP contribution is 2.26. The molecule has 0 bridgehead atoms. The average Bonchev–Trinajstić information content (AvgIpc) is 3.12. The molecule has 1 unspecified atom stereocenters. The van der Waals surface area contributed by atoms with Crippen molar-refractivity contribution in [2.75, 3.05) is 38.1 Å². The lowest BCUT2D eigenvalue weighted by atomic mass is 10.2. The molecule has 0 aliphatic carbocycles. The lowest BCUT2D eigenvalue weighted by Crippen LogP contribution is -2.53. The van der Waals surface area contributed by atoms with E-state index in [-0.39, 0.29) is 18.0 Å². The molecule has 2 heterocycles. The van der Waals surface area contributed by atoms with Crippen molar-refractivity contribution in [2.45, 2.75) is 18.9 Å². The Balaban J connectivity index is 1.53. The number of halogens is 2. The zero-order valence-corrected chi connectivity index (χ0v) is 16.3. The highest BCUT2D eigenvalue weighted by atomic mass is 79.9. The second-order valence-electron chi connectivity index (χ2n) is 5.87. The van der Waals surface area contributed by atoms with Crippen LogP contribution >= 0.6 is 31.9 Å². The summed E-state index contributed by atoms with van der Waals surface area (Å²) in [6.07, 6.45) is 1.46. The number of benzene rings is 1. The van der Waals surface area contributed by atoms with E-state index in [4.69, 9.17) is 4.74 Å². The lowest BCUT2D eigenvalue weighted by Gasteiger charge is -2.35. The highest BCUT2D eigenvalue weighted by Gasteiger charge is 2.31. The molecule has 2 saturated heterocycles. The largest absolute Gasteiger partial charge is 0.368 e. The Morgan fingerprint density at radius 2 is 1.83 bits per heavy atom. The van der Waals surface area contributed by atoms with Crippen LogP contribution < -0.4 is 5.32 Å². The van der Waals surface area contributed by atoms with Gasteiger partial charge in [-0.25, -0.2) is 4.79 Å². The first-order chi connectivity index (χ1) is 11.5. The van der Waals surface area contributed by atoms with Crippen LogP contribution in [0.5, 0.6) is 0 Å². The van der Waals surface area contributed by atoms with Gasteiger partial charge in [-0.15, -0.1) is 0 Å². The molecule has 2 aliphatic heterocycles. The Morgan fingerprint density at radius 3 is 2.50 bits per heavy atom. The van der Waals surface area contributed by atoms with Crippen LogP contribution in [0, 0.1) is 0 Å². The van der Waals surface area contributed by atoms with Crippen molar-refractivity contribution >= 4 is 49.5 Å². The van der Waals surface area contributed by atoms with Crippen molar-refractivity contribution < 1.29 is 14.3 Å². The van der Waals surface area contributed by atoms with E-state index in [0.717, 1.165) is 21.8 Å². The second-order valence-corrected chi connectivity index (χ2v) is 7.64. The number of hydrogen-bond acceptors (Lipinski definition) is 3. The van der Waals surface area contributed by atoms with Crippen LogP contribution in [-0.2, 0) is 9.53 Å². The molecule has 3 amide bonds. The van der Waals surface area contributed by atoms with Crippen molar-refractivity contribution in [2.24, 2.45) is 0 Å². The van der Waals surface area contributed by atoms with Crippen LogP contribution in [0.25, 0.3) is 0 Å². The summed E-state index contributed by atoms with van der Waals surface area (Å²) in [7, 11) is 0. The van der Waals surface area contributed by atoms with Gasteiger partial charge in [-0.3, -0.25) is 4.79 Å². The molecule has 1 N–H and O–H groups in total. The molecule has 0 radical (unpaired) electrons. The predicted molar refractivity (Wildman–Crippen MR) is 98.0 cm³/mol. The number of piperazine rings is 1. The van der Waals surface area contributed by atoms with Crippen molar-refractivity contribution in [1.29, 1.82) is 0 Å². The minimum atomic E-state index is -0.289. The third-order valence-corrected chi connectivity index (χ3v) is 5.44. The van der Waals surface area contributed by atoms with Crippen molar-refractivity contribution in [3.8, 4) is 0 Å². The molecule has 0 spiro atoms. The summed E-state index contributed by atoms with van der Waals surface area (Å²) in [5, 5.41) is 2.90. The van der Waals surface area contributed by atoms with Gasteiger partial charge in [0.25, 0.3) is 5.91 Å². The molecular formula is C16H19Br2N3O3. The molecular weight excluding hydrogens is 442 g/mol. The van der Waals surface area contributed by atoms with E-state index >= 15 is 0 Å². The van der Waals surface area contributed by atoms with Gasteiger partial charge in [0, 0.05) is 41.7 Å². The first kappa shape index (κ1) is 17.7. The van der Waals surface area contributed by atoms with Gasteiger partial charge in [-0.05, 0) is 47.0 Å². The number of rotatable bonds is 2. The van der Waals surface area contributed by atoms with E-state index in [1.807, 2.05) is 18.2 Å². The molecule has 3 rings (SSSR count). The third-order valence-electron chi connectivity index (χ3n) is 4.25. The zero-order chi connectivity index (χ0) is 17.1. The maximum absolute atomic E-state index is 12.4. The first-order valence-corrected chi connectivity index (χ1v) is 9.54. The molecule has 130 valence electrons. The third kappa shape index (κ3) is 4.10. The summed E-state index contributed by atoms with van der Waals surface area (Å²) in [6.45, 7) is 2.81. The number of hydrogen-bond donors (Lipinski definition) is 1. The van der Waals surface area contributed by atoms with Crippen molar-refractivity contribution in [1.82, 2.24) is 9.80 Å². The van der Waals surface area contributed by atoms with E-state index in [0.29, 0.717) is 38.5 Å². The van der Waals surface area contributed by atoms with Crippen LogP contribution in [-0.4, -0.2) is 60.6 Å². The van der Waals surface area contributed by atoms with E-state index in [9.17, 15) is 9.59 Å². The lowest BCUT2D eigenvalue weighted by molar-refractivity contribution is -0.142. The Kier molecular flexibility index (Phi) is 5.78. The van der Waals surface area contributed by atoms with Gasteiger partial charge in [0.2, 0.25) is 0 Å². The van der Waals surface area contributed by atoms with Crippen molar-refractivity contribution in [3.63, 3.8) is 0 Å². The number of carbonyl (C=O) groups is 2. The smallest absolute Gasteiger partial charge is 0.321 e. The number of anilines is 1. The van der Waals surface area contributed by atoms with Gasteiger partial charge in [0.15, 0.2) is 0 Å². The highest BCUT2D eigenvalue weighted by molar-refractivity contribution is 9.11. The number of urea groups is 1. The molecule has 0 aromatic heterocycles. The number of nitrogens with zero attached hydrogens (tertiary/aromatic N) is 2. The van der Waals surface area contributed by atoms with Gasteiger partial charge in [0.1, 0.15) is 6.10 Å². The van der Waals surface area contributed by atoms with Crippen LogP contribution in [0.15, 0.2) is 27.1 Å². The number of carbonyl (C=O) groups excluding carboxylic acids is 2. The van der Waals surface area contributed by atoms with Gasteiger partial charge in [-0.2, -0.15) is 0 Å². The SMILES string of the molecule is O=C(Nc1cc(Br)ccc1Br)N1CCN(C(=O)C2CCCO2)CC1. The Morgan fingerprint density at radius 1 is 1.12 bits per heavy atom. The van der Waals surface area contributed by atoms with Gasteiger partial charge in [-0.1, -0.05) is 15.9 Å². The second kappa shape index (κ2) is 7.84. The molecule has 24 heavy (non-hydrogen) atoms. The maximum Gasteiger partial charge on any atom is 0.321 e. The first-order valence-electron chi connectivity index (χ1n) is 7.96. The monoisotopic (exact) mass is 459 g/mol. The summed E-state index contributed by atoms with van der Waals surface area (Å²) in [5.74, 6) is 0.0577. The maximum atomic E-state index is 12.4. The summed E-state index contributed by atoms with van der Waals surface area (Å²) in [5.41, 5.74) is 0.715. The summed E-state index contributed by atoms with van der Waals surface area (Å²) in [6, 6.07) is 5.46. The normalized spacial score (nSPS) is 21.0. The molecule has 8 heteroatoms. The number of nitrogens with one attached hydrogen (secondary N) is 1. The Labute approximate surface area is 157 Å². The molecule has 0 saturated carbocycles. The molecule has 2 fully saturated rings. The van der Waals surface area contributed by atoms with E-state index in [1.54, 1.807) is 9.80 Å². The molecule has 6 nitrogen and oxygen atoms in total. The molecule has 2 aliphatic rings. The molecule has 1 aromatic rings. The van der Waals surface area contributed by atoms with Crippen LogP contribution in [0.2, 0.25) is 0 Å². The fourth-order valence-electron chi connectivity index (χ4n) is 2.89. The van der Waals surface area contributed by atoms with Gasteiger partial charge < -0.3 is 19.9 Å². The fraction of sp³-hybridized carbons (Fsp3) is 0.500. The Bertz CT molecular complexity index is 627. The number of amides is 3. The minimum Gasteiger partial charge on any atom is -0.368 e. The summed E-state index contributed by atoms with van der Waals surface area (Å²) in [4.78, 5) is 28.3. The quantitative estimate of drug-likeness (QED) is 0.737. The van der Waals surface area contributed by atoms with Crippen molar-refractivity contribution in [3.05, 3.63) is 27.1 Å². The standard InChI is InChI=1S/C16H19Br2N3O3/c17-11-3-4-12(18)13(10-11)19-16(23)21-7-5-20(6-8-21)15(22)14-2-1-9-24-14/h3-4,10,14H,1-2,5-9H2,(H,19,23). The van der Waals surface area contributed by atoms with Crippen LogP contribution in [0.3, 0.4) is 0 Å². The summed E-state index contributed by atoms with van der Waals surface area (Å²) >= 11 is 6.82. The van der Waals surface area contributed by atoms with E-state index in [2.05, 4.69) is 37.2 Å². The number of ether oxygens (including phenoxy) is 1. The topological polar surface area (TPSA) is 61.9 Å². The van der Waals surface area contributed by atoms with Crippen LogP contribution in [0.1, 0.15) is 12.8 Å². The minimum absolute atomic E-state index is 0.0577. The predicted octanol–water partition coefficient (Wildman–Crippen LogP) is 3.07. The molecule has 1 atom stereocenters. The van der Waals surface area contributed by atoms with Crippen LogP contribution in [0.4, 0.5) is 10.5 Å². The Hall–Kier alpha value is -1.12.